The first kappa shape index (κ1) is 13.9. The van der Waals surface area contributed by atoms with Gasteiger partial charge in [0, 0.05) is 30.0 Å². The van der Waals surface area contributed by atoms with Gasteiger partial charge in [-0.1, -0.05) is 29.8 Å². The van der Waals surface area contributed by atoms with Crippen molar-refractivity contribution in [3.05, 3.63) is 17.3 Å². The largest absolute Gasteiger partial charge is 0.355 e. The van der Waals surface area contributed by atoms with Crippen LogP contribution in [0.3, 0.4) is 0 Å². The van der Waals surface area contributed by atoms with Gasteiger partial charge in [0.25, 0.3) is 0 Å². The maximum Gasteiger partial charge on any atom is 0.195 e. The van der Waals surface area contributed by atoms with Crippen molar-refractivity contribution in [2.75, 3.05) is 11.9 Å². The van der Waals surface area contributed by atoms with Gasteiger partial charge in [0.05, 0.1) is 5.69 Å². The second kappa shape index (κ2) is 5.61. The first-order chi connectivity index (χ1) is 8.54. The third-order valence-electron chi connectivity index (χ3n) is 3.27. The number of nitrogens with zero attached hydrogens (tertiary/aromatic N) is 3. The lowest BCUT2D eigenvalue weighted by molar-refractivity contribution is 0.502. The molecule has 1 unspecified atom stereocenters. The quantitative estimate of drug-likeness (QED) is 0.767. The fourth-order valence-corrected chi connectivity index (χ4v) is 3.53. The summed E-state index contributed by atoms with van der Waals surface area (Å²) in [6, 6.07) is 0.507. The molecule has 0 saturated carbocycles. The summed E-state index contributed by atoms with van der Waals surface area (Å²) in [7, 11) is 2.14. The Kier molecular flexibility index (Phi) is 4.33. The lowest BCUT2D eigenvalue weighted by Gasteiger charge is -2.27. The summed E-state index contributed by atoms with van der Waals surface area (Å²) in [5, 5.41) is 2.91. The maximum absolute atomic E-state index is 4.75. The summed E-state index contributed by atoms with van der Waals surface area (Å²) < 4.78 is 2.17. The number of thiazole rings is 1. The molecule has 18 heavy (non-hydrogen) atoms. The molecule has 0 spiro atoms. The normalized spacial score (nSPS) is 13.4. The van der Waals surface area contributed by atoms with E-state index < -0.39 is 0 Å². The second-order valence-electron chi connectivity index (χ2n) is 5.16. The van der Waals surface area contributed by atoms with Gasteiger partial charge >= 0.3 is 0 Å². The molecule has 0 aliphatic rings. The number of aromatic nitrogens is 2. The van der Waals surface area contributed by atoms with E-state index in [0.29, 0.717) is 12.0 Å². The standard InChI is InChI=1S/C13H20BrN3S/c1-9(2)7-10(3)16(4)12-11(8-14)17-5-6-18-13(17)15-12/h5-6,9-10H,7-8H2,1-4H3. The smallest absolute Gasteiger partial charge is 0.195 e. The van der Waals surface area contributed by atoms with Crippen LogP contribution in [0.15, 0.2) is 11.6 Å². The first-order valence-electron chi connectivity index (χ1n) is 6.27. The van der Waals surface area contributed by atoms with Crippen molar-refractivity contribution in [2.24, 2.45) is 5.92 Å². The van der Waals surface area contributed by atoms with Crippen molar-refractivity contribution < 1.29 is 0 Å². The summed E-state index contributed by atoms with van der Waals surface area (Å²) in [5.74, 6) is 1.81. The zero-order valence-corrected chi connectivity index (χ0v) is 13.8. The summed E-state index contributed by atoms with van der Waals surface area (Å²) >= 11 is 5.26. The van der Waals surface area contributed by atoms with E-state index in [4.69, 9.17) is 4.98 Å². The molecule has 0 amide bonds. The van der Waals surface area contributed by atoms with E-state index in [9.17, 15) is 0 Å². The molecule has 1 atom stereocenters. The predicted molar refractivity (Wildman–Crippen MR) is 83.0 cm³/mol. The van der Waals surface area contributed by atoms with Crippen LogP contribution in [0.2, 0.25) is 0 Å². The van der Waals surface area contributed by atoms with E-state index in [1.807, 2.05) is 0 Å². The van der Waals surface area contributed by atoms with E-state index in [2.05, 4.69) is 64.6 Å². The molecule has 3 nitrogen and oxygen atoms in total. The zero-order chi connectivity index (χ0) is 13.3. The lowest BCUT2D eigenvalue weighted by atomic mass is 10.0. The molecular weight excluding hydrogens is 310 g/mol. The van der Waals surface area contributed by atoms with Crippen molar-refractivity contribution >= 4 is 38.0 Å². The van der Waals surface area contributed by atoms with Crippen LogP contribution in [-0.2, 0) is 5.33 Å². The molecular formula is C13H20BrN3S. The van der Waals surface area contributed by atoms with Crippen LogP contribution in [0.25, 0.3) is 4.96 Å². The average molecular weight is 330 g/mol. The summed E-state index contributed by atoms with van der Waals surface area (Å²) in [6.45, 7) is 6.80. The van der Waals surface area contributed by atoms with Crippen molar-refractivity contribution in [3.8, 4) is 0 Å². The van der Waals surface area contributed by atoms with Crippen LogP contribution in [0.4, 0.5) is 5.82 Å². The minimum absolute atomic E-state index is 0.507. The Morgan fingerprint density at radius 2 is 2.17 bits per heavy atom. The summed E-state index contributed by atoms with van der Waals surface area (Å²) in [5.41, 5.74) is 1.24. The molecule has 0 N–H and O–H groups in total. The van der Waals surface area contributed by atoms with Crippen LogP contribution < -0.4 is 4.90 Å². The van der Waals surface area contributed by atoms with E-state index in [-0.39, 0.29) is 0 Å². The monoisotopic (exact) mass is 329 g/mol. The van der Waals surface area contributed by atoms with Gasteiger partial charge in [-0.3, -0.25) is 4.40 Å². The minimum Gasteiger partial charge on any atom is -0.355 e. The molecule has 2 aromatic rings. The highest BCUT2D eigenvalue weighted by molar-refractivity contribution is 9.08. The van der Waals surface area contributed by atoms with Crippen molar-refractivity contribution in [3.63, 3.8) is 0 Å². The lowest BCUT2D eigenvalue weighted by Crippen LogP contribution is -2.31. The summed E-state index contributed by atoms with van der Waals surface area (Å²) in [6.07, 6.45) is 3.28. The molecule has 0 fully saturated rings. The Labute approximate surface area is 121 Å². The maximum atomic E-state index is 4.75. The van der Waals surface area contributed by atoms with Gasteiger partial charge in [-0.15, -0.1) is 11.3 Å². The number of rotatable bonds is 5. The SMILES string of the molecule is CC(C)CC(C)N(C)c1nc2sccn2c1CBr. The van der Waals surface area contributed by atoms with E-state index >= 15 is 0 Å². The van der Waals surface area contributed by atoms with Crippen LogP contribution in [-0.4, -0.2) is 22.5 Å². The fourth-order valence-electron chi connectivity index (χ4n) is 2.28. The molecule has 2 aromatic heterocycles. The molecule has 0 radical (unpaired) electrons. The molecule has 0 aromatic carbocycles. The van der Waals surface area contributed by atoms with Gasteiger partial charge < -0.3 is 4.90 Å². The average Bonchev–Trinajstić information content (AvgIpc) is 2.85. The van der Waals surface area contributed by atoms with Crippen molar-refractivity contribution in [1.82, 2.24) is 9.38 Å². The topological polar surface area (TPSA) is 20.5 Å². The zero-order valence-electron chi connectivity index (χ0n) is 11.4. The van der Waals surface area contributed by atoms with Gasteiger partial charge in [0.2, 0.25) is 0 Å². The van der Waals surface area contributed by atoms with Gasteiger partial charge in [-0.05, 0) is 19.3 Å². The molecule has 5 heteroatoms. The Morgan fingerprint density at radius 3 is 2.78 bits per heavy atom. The van der Waals surface area contributed by atoms with E-state index in [0.717, 1.165) is 16.1 Å². The molecule has 2 rings (SSSR count). The van der Waals surface area contributed by atoms with Crippen molar-refractivity contribution in [2.45, 2.75) is 38.6 Å². The van der Waals surface area contributed by atoms with E-state index in [1.54, 1.807) is 11.3 Å². The third kappa shape index (κ3) is 2.57. The third-order valence-corrected chi connectivity index (χ3v) is 4.56. The van der Waals surface area contributed by atoms with Crippen LogP contribution in [0, 0.1) is 5.92 Å². The van der Waals surface area contributed by atoms with Crippen LogP contribution in [0.5, 0.6) is 0 Å². The number of hydrogen-bond acceptors (Lipinski definition) is 3. The highest BCUT2D eigenvalue weighted by Gasteiger charge is 2.19. The molecule has 0 bridgehead atoms. The van der Waals surface area contributed by atoms with Gasteiger partial charge in [0.1, 0.15) is 0 Å². The molecule has 0 aliphatic carbocycles. The Morgan fingerprint density at radius 1 is 1.44 bits per heavy atom. The number of fused-ring (bicyclic) bond motifs is 1. The Hall–Kier alpha value is -0.550. The van der Waals surface area contributed by atoms with Crippen LogP contribution >= 0.6 is 27.3 Å². The second-order valence-corrected chi connectivity index (χ2v) is 6.59. The number of anilines is 1. The van der Waals surface area contributed by atoms with Crippen molar-refractivity contribution in [1.29, 1.82) is 0 Å². The Bertz CT molecular complexity index is 517. The van der Waals surface area contributed by atoms with Crippen LogP contribution in [0.1, 0.15) is 32.9 Å². The Balaban J connectivity index is 2.31. The van der Waals surface area contributed by atoms with Gasteiger partial charge in [0.15, 0.2) is 10.8 Å². The molecule has 100 valence electrons. The molecule has 0 saturated heterocycles. The number of alkyl halides is 1. The summed E-state index contributed by atoms with van der Waals surface area (Å²) in [4.78, 5) is 8.12. The van der Waals surface area contributed by atoms with Gasteiger partial charge in [-0.2, -0.15) is 0 Å². The highest BCUT2D eigenvalue weighted by atomic mass is 79.9. The molecule has 2 heterocycles. The number of hydrogen-bond donors (Lipinski definition) is 0. The first-order valence-corrected chi connectivity index (χ1v) is 8.28. The highest BCUT2D eigenvalue weighted by Crippen LogP contribution is 2.28. The van der Waals surface area contributed by atoms with Gasteiger partial charge in [-0.25, -0.2) is 4.98 Å². The van der Waals surface area contributed by atoms with E-state index in [1.165, 1.54) is 12.1 Å². The fraction of sp³-hybridized carbons (Fsp3) is 0.615. The molecule has 0 aliphatic heterocycles. The predicted octanol–water partition coefficient (Wildman–Crippen LogP) is 4.16. The number of halogens is 1. The minimum atomic E-state index is 0.507. The number of imidazole rings is 1.